The van der Waals surface area contributed by atoms with Gasteiger partial charge in [-0.25, -0.2) is 4.79 Å². The van der Waals surface area contributed by atoms with E-state index in [4.69, 9.17) is 10.8 Å². The van der Waals surface area contributed by atoms with E-state index in [0.29, 0.717) is 5.92 Å². The highest BCUT2D eigenvalue weighted by Crippen LogP contribution is 2.26. The number of anilines is 1. The Kier molecular flexibility index (Phi) is 3.60. The molecule has 0 aliphatic heterocycles. The zero-order valence-electron chi connectivity index (χ0n) is 11.1. The van der Waals surface area contributed by atoms with E-state index >= 15 is 0 Å². The number of rotatable bonds is 4. The smallest absolute Gasteiger partial charge is 0.339 e. The SMILES string of the molecule is CCC(C)c1ccc(-c2cc(C(=O)O)c(N)[nH]2)cc1. The summed E-state index contributed by atoms with van der Waals surface area (Å²) in [4.78, 5) is 13.9. The minimum absolute atomic E-state index is 0.112. The Balaban J connectivity index is 2.32. The highest BCUT2D eigenvalue weighted by atomic mass is 16.4. The van der Waals surface area contributed by atoms with Gasteiger partial charge in [0.1, 0.15) is 11.4 Å². The van der Waals surface area contributed by atoms with E-state index in [2.05, 4.69) is 31.0 Å². The molecule has 0 fully saturated rings. The third kappa shape index (κ3) is 2.62. The summed E-state index contributed by atoms with van der Waals surface area (Å²) in [5, 5.41) is 8.97. The Morgan fingerprint density at radius 2 is 2.00 bits per heavy atom. The molecule has 0 spiro atoms. The molecule has 2 aromatic rings. The van der Waals surface area contributed by atoms with Gasteiger partial charge >= 0.3 is 5.97 Å². The molecule has 2 rings (SSSR count). The molecule has 4 nitrogen and oxygen atoms in total. The third-order valence-corrected chi connectivity index (χ3v) is 3.48. The number of nitrogens with two attached hydrogens (primary N) is 1. The second-order valence-electron chi connectivity index (χ2n) is 4.75. The number of H-pyrrole nitrogens is 1. The monoisotopic (exact) mass is 258 g/mol. The lowest BCUT2D eigenvalue weighted by molar-refractivity contribution is 0.0698. The highest BCUT2D eigenvalue weighted by molar-refractivity contribution is 5.94. The van der Waals surface area contributed by atoms with Crippen LogP contribution in [0.4, 0.5) is 5.82 Å². The Labute approximate surface area is 112 Å². The first-order valence-corrected chi connectivity index (χ1v) is 6.35. The summed E-state index contributed by atoms with van der Waals surface area (Å²) < 4.78 is 0. The fraction of sp³-hybridized carbons (Fsp3) is 0.267. The van der Waals surface area contributed by atoms with Crippen LogP contribution in [0.2, 0.25) is 0 Å². The average molecular weight is 258 g/mol. The number of carboxylic acid groups (broad SMARTS) is 1. The predicted octanol–water partition coefficient (Wildman–Crippen LogP) is 3.48. The van der Waals surface area contributed by atoms with Crippen LogP contribution in [-0.4, -0.2) is 16.1 Å². The van der Waals surface area contributed by atoms with Crippen LogP contribution in [0.15, 0.2) is 30.3 Å². The van der Waals surface area contributed by atoms with Gasteiger partial charge in [0, 0.05) is 5.69 Å². The van der Waals surface area contributed by atoms with Crippen LogP contribution in [0.25, 0.3) is 11.3 Å². The van der Waals surface area contributed by atoms with Crippen molar-refractivity contribution in [2.75, 3.05) is 5.73 Å². The topological polar surface area (TPSA) is 79.1 Å². The summed E-state index contributed by atoms with van der Waals surface area (Å²) in [6.45, 7) is 4.34. The lowest BCUT2D eigenvalue weighted by Gasteiger charge is -2.09. The molecule has 1 atom stereocenters. The van der Waals surface area contributed by atoms with Crippen LogP contribution in [0.1, 0.15) is 42.1 Å². The van der Waals surface area contributed by atoms with Crippen molar-refractivity contribution in [1.29, 1.82) is 0 Å². The third-order valence-electron chi connectivity index (χ3n) is 3.48. The Hall–Kier alpha value is -2.23. The maximum absolute atomic E-state index is 10.9. The number of carbonyl (C=O) groups is 1. The van der Waals surface area contributed by atoms with Gasteiger partial charge in [0.05, 0.1) is 0 Å². The largest absolute Gasteiger partial charge is 0.478 e. The first kappa shape index (κ1) is 13.2. The van der Waals surface area contributed by atoms with E-state index in [1.165, 1.54) is 5.56 Å². The van der Waals surface area contributed by atoms with Crippen molar-refractivity contribution in [1.82, 2.24) is 4.98 Å². The van der Waals surface area contributed by atoms with E-state index in [9.17, 15) is 4.79 Å². The molecule has 0 radical (unpaired) electrons. The van der Waals surface area contributed by atoms with Gasteiger partial charge < -0.3 is 15.8 Å². The van der Waals surface area contributed by atoms with Crippen molar-refractivity contribution >= 4 is 11.8 Å². The van der Waals surface area contributed by atoms with Crippen molar-refractivity contribution in [2.45, 2.75) is 26.2 Å². The van der Waals surface area contributed by atoms with E-state index in [1.54, 1.807) is 6.07 Å². The van der Waals surface area contributed by atoms with Gasteiger partial charge in [0.25, 0.3) is 0 Å². The first-order valence-electron chi connectivity index (χ1n) is 6.35. The van der Waals surface area contributed by atoms with Crippen molar-refractivity contribution in [3.05, 3.63) is 41.5 Å². The first-order chi connectivity index (χ1) is 9.02. The second-order valence-corrected chi connectivity index (χ2v) is 4.75. The highest BCUT2D eigenvalue weighted by Gasteiger charge is 2.13. The normalized spacial score (nSPS) is 12.3. The Bertz CT molecular complexity index is 585. The molecule has 19 heavy (non-hydrogen) atoms. The summed E-state index contributed by atoms with van der Waals surface area (Å²) in [7, 11) is 0. The van der Waals surface area contributed by atoms with Crippen LogP contribution < -0.4 is 5.73 Å². The van der Waals surface area contributed by atoms with Crippen molar-refractivity contribution in [3.8, 4) is 11.3 Å². The number of nitrogen functional groups attached to an aromatic ring is 1. The fourth-order valence-electron chi connectivity index (χ4n) is 2.03. The number of benzene rings is 1. The minimum atomic E-state index is -1.02. The molecule has 0 bridgehead atoms. The molecule has 0 aliphatic rings. The predicted molar refractivity (Wildman–Crippen MR) is 76.3 cm³/mol. The van der Waals surface area contributed by atoms with Gasteiger partial charge in [-0.3, -0.25) is 0 Å². The van der Waals surface area contributed by atoms with Gasteiger partial charge in [-0.15, -0.1) is 0 Å². The molecular formula is C15H18N2O2. The lowest BCUT2D eigenvalue weighted by Crippen LogP contribution is -1.98. The molecule has 100 valence electrons. The number of aromatic amines is 1. The molecule has 1 aromatic heterocycles. The molecule has 1 heterocycles. The number of aromatic carboxylic acids is 1. The van der Waals surface area contributed by atoms with Gasteiger partial charge in [-0.05, 0) is 29.5 Å². The van der Waals surface area contributed by atoms with Gasteiger partial charge in [-0.1, -0.05) is 38.1 Å². The lowest BCUT2D eigenvalue weighted by atomic mass is 9.97. The van der Waals surface area contributed by atoms with Crippen molar-refractivity contribution < 1.29 is 9.90 Å². The van der Waals surface area contributed by atoms with Crippen LogP contribution in [0, 0.1) is 0 Å². The van der Waals surface area contributed by atoms with Crippen LogP contribution in [-0.2, 0) is 0 Å². The number of hydrogen-bond donors (Lipinski definition) is 3. The maximum atomic E-state index is 10.9. The molecule has 0 saturated heterocycles. The number of aromatic nitrogens is 1. The van der Waals surface area contributed by atoms with E-state index in [1.807, 2.05) is 12.1 Å². The summed E-state index contributed by atoms with van der Waals surface area (Å²) in [5.41, 5.74) is 8.70. The van der Waals surface area contributed by atoms with E-state index in [0.717, 1.165) is 17.7 Å². The number of carboxylic acids is 1. The molecular weight excluding hydrogens is 240 g/mol. The Morgan fingerprint density at radius 1 is 1.37 bits per heavy atom. The zero-order chi connectivity index (χ0) is 14.0. The quantitative estimate of drug-likeness (QED) is 0.785. The van der Waals surface area contributed by atoms with Crippen molar-refractivity contribution in [2.24, 2.45) is 0 Å². The molecule has 1 aromatic carbocycles. The summed E-state index contributed by atoms with van der Waals surface area (Å²) in [5.74, 6) is -0.304. The summed E-state index contributed by atoms with van der Waals surface area (Å²) in [6, 6.07) is 9.68. The molecule has 4 N–H and O–H groups in total. The second kappa shape index (κ2) is 5.18. The molecule has 1 unspecified atom stereocenters. The molecule has 4 heteroatoms. The molecule has 0 aliphatic carbocycles. The summed E-state index contributed by atoms with van der Waals surface area (Å²) in [6.07, 6.45) is 1.10. The summed E-state index contributed by atoms with van der Waals surface area (Å²) >= 11 is 0. The molecule has 0 amide bonds. The van der Waals surface area contributed by atoms with Crippen LogP contribution in [0.3, 0.4) is 0 Å². The standard InChI is InChI=1S/C15H18N2O2/c1-3-9(2)10-4-6-11(7-5-10)13-8-12(15(18)19)14(16)17-13/h4-9,17H,3,16H2,1-2H3,(H,18,19). The Morgan fingerprint density at radius 3 is 2.47 bits per heavy atom. The van der Waals surface area contributed by atoms with E-state index < -0.39 is 5.97 Å². The van der Waals surface area contributed by atoms with Crippen LogP contribution >= 0.6 is 0 Å². The number of nitrogens with one attached hydrogen (secondary N) is 1. The van der Waals surface area contributed by atoms with Gasteiger partial charge in [0.15, 0.2) is 0 Å². The fourth-order valence-corrected chi connectivity index (χ4v) is 2.03. The van der Waals surface area contributed by atoms with Crippen LogP contribution in [0.5, 0.6) is 0 Å². The molecule has 0 saturated carbocycles. The number of hydrogen-bond acceptors (Lipinski definition) is 2. The average Bonchev–Trinajstić information content (AvgIpc) is 2.80. The van der Waals surface area contributed by atoms with Gasteiger partial charge in [0.2, 0.25) is 0 Å². The van der Waals surface area contributed by atoms with Gasteiger partial charge in [-0.2, -0.15) is 0 Å². The van der Waals surface area contributed by atoms with E-state index in [-0.39, 0.29) is 11.4 Å². The minimum Gasteiger partial charge on any atom is -0.478 e. The van der Waals surface area contributed by atoms with Crippen molar-refractivity contribution in [3.63, 3.8) is 0 Å². The zero-order valence-corrected chi connectivity index (χ0v) is 11.1. The maximum Gasteiger partial charge on any atom is 0.339 e.